The summed E-state index contributed by atoms with van der Waals surface area (Å²) in [5.41, 5.74) is 1.76. The van der Waals surface area contributed by atoms with Crippen LogP contribution in [0.1, 0.15) is 40.3 Å². The zero-order valence-corrected chi connectivity index (χ0v) is 19.2. The van der Waals surface area contributed by atoms with E-state index in [4.69, 9.17) is 9.26 Å². The van der Waals surface area contributed by atoms with E-state index in [1.165, 1.54) is 17.5 Å². The lowest BCUT2D eigenvalue weighted by Gasteiger charge is -2.23. The van der Waals surface area contributed by atoms with E-state index in [2.05, 4.69) is 20.4 Å². The first-order chi connectivity index (χ1) is 16.7. The van der Waals surface area contributed by atoms with Gasteiger partial charge in [0.05, 0.1) is 25.0 Å². The van der Waals surface area contributed by atoms with Crippen molar-refractivity contribution in [2.45, 2.75) is 38.3 Å². The number of amides is 2. The van der Waals surface area contributed by atoms with Gasteiger partial charge in [0.25, 0.3) is 5.91 Å². The molecule has 10 nitrogen and oxygen atoms in total. The summed E-state index contributed by atoms with van der Waals surface area (Å²) in [6.07, 6.45) is 11.1. The van der Waals surface area contributed by atoms with Crippen molar-refractivity contribution in [1.82, 2.24) is 24.8 Å². The molecule has 1 aliphatic heterocycles. The lowest BCUT2D eigenvalue weighted by Crippen LogP contribution is -2.37. The van der Waals surface area contributed by atoms with Gasteiger partial charge in [-0.2, -0.15) is 0 Å². The molecule has 4 aromatic rings. The number of pyridine rings is 1. The maximum Gasteiger partial charge on any atom is 0.263 e. The molecule has 11 heteroatoms. The summed E-state index contributed by atoms with van der Waals surface area (Å²) in [6.45, 7) is 1.47. The summed E-state index contributed by atoms with van der Waals surface area (Å²) in [5, 5.41) is 7.09. The van der Waals surface area contributed by atoms with Crippen LogP contribution in [0.5, 0.6) is 0 Å². The van der Waals surface area contributed by atoms with E-state index in [1.807, 2.05) is 28.9 Å². The van der Waals surface area contributed by atoms with Crippen molar-refractivity contribution in [3.63, 3.8) is 0 Å². The smallest absolute Gasteiger partial charge is 0.263 e. The second-order valence-electron chi connectivity index (χ2n) is 8.04. The first kappa shape index (κ1) is 22.2. The fraction of sp³-hybridized carbons (Fsp3) is 0.348. The number of imidazole rings is 1. The minimum absolute atomic E-state index is 0.0343. The summed E-state index contributed by atoms with van der Waals surface area (Å²) in [4.78, 5) is 36.5. The van der Waals surface area contributed by atoms with E-state index in [-0.39, 0.29) is 24.3 Å². The molecule has 1 atom stereocenters. The Labute approximate surface area is 199 Å². The lowest BCUT2D eigenvalue weighted by molar-refractivity contribution is -0.119. The molecule has 5 heterocycles. The Kier molecular flexibility index (Phi) is 6.63. The van der Waals surface area contributed by atoms with Gasteiger partial charge in [-0.3, -0.25) is 14.5 Å². The predicted octanol–water partition coefficient (Wildman–Crippen LogP) is 2.85. The molecule has 0 radical (unpaired) electrons. The van der Waals surface area contributed by atoms with Crippen LogP contribution >= 0.6 is 11.3 Å². The molecule has 1 aliphatic rings. The highest BCUT2D eigenvalue weighted by Crippen LogP contribution is 2.26. The first-order valence-corrected chi connectivity index (χ1v) is 11.9. The Morgan fingerprint density at radius 2 is 2.18 bits per heavy atom. The van der Waals surface area contributed by atoms with Crippen LogP contribution in [0.15, 0.2) is 53.7 Å². The van der Waals surface area contributed by atoms with Crippen molar-refractivity contribution in [2.75, 3.05) is 18.1 Å². The number of nitrogens with zero attached hydrogens (tertiary/aromatic N) is 5. The number of hydrogen-bond acceptors (Lipinski definition) is 8. The summed E-state index contributed by atoms with van der Waals surface area (Å²) >= 11 is 1.20. The molecule has 0 aromatic carbocycles. The number of carbonyl (C=O) groups is 2. The minimum Gasteiger partial charge on any atom is -0.376 e. The summed E-state index contributed by atoms with van der Waals surface area (Å²) < 4.78 is 12.8. The van der Waals surface area contributed by atoms with Crippen LogP contribution in [-0.2, 0) is 22.5 Å². The number of anilines is 1. The second kappa shape index (κ2) is 10.1. The van der Waals surface area contributed by atoms with Crippen molar-refractivity contribution in [3.05, 3.63) is 65.4 Å². The van der Waals surface area contributed by atoms with Crippen LogP contribution in [0.4, 0.5) is 5.13 Å². The average molecular weight is 481 g/mol. The van der Waals surface area contributed by atoms with Gasteiger partial charge < -0.3 is 19.0 Å². The minimum atomic E-state index is -0.238. The number of rotatable bonds is 9. The maximum absolute atomic E-state index is 13.1. The third kappa shape index (κ3) is 5.15. The number of fused-ring (bicyclic) bond motifs is 1. The average Bonchev–Trinajstić information content (AvgIpc) is 3.66. The number of hydrogen-bond donors (Lipinski definition) is 1. The third-order valence-electron chi connectivity index (χ3n) is 5.65. The Bertz CT molecular complexity index is 1260. The molecule has 0 bridgehead atoms. The Morgan fingerprint density at radius 3 is 3.00 bits per heavy atom. The van der Waals surface area contributed by atoms with Crippen molar-refractivity contribution in [1.29, 1.82) is 0 Å². The summed E-state index contributed by atoms with van der Waals surface area (Å²) in [7, 11) is 0. The molecule has 0 saturated carbocycles. The fourth-order valence-electron chi connectivity index (χ4n) is 3.84. The molecule has 0 aliphatic carbocycles. The highest BCUT2D eigenvalue weighted by Gasteiger charge is 2.26. The van der Waals surface area contributed by atoms with E-state index in [0.717, 1.165) is 24.1 Å². The van der Waals surface area contributed by atoms with Crippen LogP contribution in [0.25, 0.3) is 5.65 Å². The highest BCUT2D eigenvalue weighted by molar-refractivity contribution is 7.17. The number of nitrogens with one attached hydrogen (secondary N) is 1. The maximum atomic E-state index is 13.1. The van der Waals surface area contributed by atoms with Gasteiger partial charge in [-0.15, -0.1) is 0 Å². The topological polar surface area (TPSA) is 115 Å². The first-order valence-electron chi connectivity index (χ1n) is 11.1. The highest BCUT2D eigenvalue weighted by atomic mass is 32.1. The van der Waals surface area contributed by atoms with Gasteiger partial charge in [-0.25, -0.2) is 9.97 Å². The van der Waals surface area contributed by atoms with Gasteiger partial charge >= 0.3 is 0 Å². The third-order valence-corrected chi connectivity index (χ3v) is 6.67. The van der Waals surface area contributed by atoms with Gasteiger partial charge in [-0.1, -0.05) is 16.5 Å². The van der Waals surface area contributed by atoms with E-state index >= 15 is 0 Å². The number of thiazole rings is 1. The SMILES string of the molecule is O=C(NCc1ccn2ccnc2c1)c1cnc(N(C[C@H]2CCCO2)C(=O)CCc2ccno2)s1. The lowest BCUT2D eigenvalue weighted by atomic mass is 10.2. The molecule has 4 aromatic heterocycles. The molecular weight excluding hydrogens is 456 g/mol. The van der Waals surface area contributed by atoms with Gasteiger partial charge in [0.15, 0.2) is 5.13 Å². The van der Waals surface area contributed by atoms with E-state index in [0.29, 0.717) is 41.9 Å². The molecule has 5 rings (SSSR count). The fourth-order valence-corrected chi connectivity index (χ4v) is 4.70. The van der Waals surface area contributed by atoms with E-state index < -0.39 is 0 Å². The molecule has 34 heavy (non-hydrogen) atoms. The Morgan fingerprint density at radius 1 is 1.24 bits per heavy atom. The van der Waals surface area contributed by atoms with Gasteiger partial charge in [0, 0.05) is 50.7 Å². The molecule has 1 fully saturated rings. The zero-order valence-electron chi connectivity index (χ0n) is 18.4. The molecule has 176 valence electrons. The molecule has 1 N–H and O–H groups in total. The van der Waals surface area contributed by atoms with Crippen molar-refractivity contribution in [2.24, 2.45) is 0 Å². The van der Waals surface area contributed by atoms with Crippen LogP contribution in [0.3, 0.4) is 0 Å². The van der Waals surface area contributed by atoms with Gasteiger partial charge in [0.2, 0.25) is 5.91 Å². The van der Waals surface area contributed by atoms with Gasteiger partial charge in [0.1, 0.15) is 16.3 Å². The monoisotopic (exact) mass is 480 g/mol. The van der Waals surface area contributed by atoms with Crippen LogP contribution < -0.4 is 10.2 Å². The summed E-state index contributed by atoms with van der Waals surface area (Å²) in [6, 6.07) is 5.60. The van der Waals surface area contributed by atoms with E-state index in [1.54, 1.807) is 23.4 Å². The summed E-state index contributed by atoms with van der Waals surface area (Å²) in [5.74, 6) is 0.317. The Hall–Kier alpha value is -3.57. The number of carbonyl (C=O) groups excluding carboxylic acids is 2. The number of ether oxygens (including phenoxy) is 1. The van der Waals surface area contributed by atoms with Crippen LogP contribution in [-0.4, -0.2) is 50.6 Å². The quantitative estimate of drug-likeness (QED) is 0.392. The molecule has 0 spiro atoms. The molecule has 2 amide bonds. The number of aromatic nitrogens is 4. The van der Waals surface area contributed by atoms with Crippen LogP contribution in [0.2, 0.25) is 0 Å². The molecule has 0 unspecified atom stereocenters. The van der Waals surface area contributed by atoms with Crippen molar-refractivity contribution >= 4 is 33.9 Å². The number of aryl methyl sites for hydroxylation is 1. The van der Waals surface area contributed by atoms with Crippen molar-refractivity contribution < 1.29 is 18.8 Å². The zero-order chi connectivity index (χ0) is 23.3. The van der Waals surface area contributed by atoms with E-state index in [9.17, 15) is 9.59 Å². The van der Waals surface area contributed by atoms with Gasteiger partial charge in [-0.05, 0) is 30.5 Å². The largest absolute Gasteiger partial charge is 0.376 e. The predicted molar refractivity (Wildman–Crippen MR) is 125 cm³/mol. The standard InChI is InChI=1S/C23H24N6O4S/c30-21(4-3-17-5-7-27-33-17)29(15-18-2-1-11-32-18)23-26-14-19(34-23)22(31)25-13-16-6-9-28-10-8-24-20(28)12-16/h5-10,12,14,18H,1-4,11,13,15H2,(H,25,31)/t18-/m1/s1. The molecular formula is C23H24N6O4S. The Balaban J connectivity index is 1.25. The molecule has 1 saturated heterocycles. The normalized spacial score (nSPS) is 15.6. The second-order valence-corrected chi connectivity index (χ2v) is 9.04. The van der Waals surface area contributed by atoms with Crippen LogP contribution in [0, 0.1) is 0 Å². The van der Waals surface area contributed by atoms with Crippen molar-refractivity contribution in [3.8, 4) is 0 Å².